The molecule has 0 spiro atoms. The second-order valence-corrected chi connectivity index (χ2v) is 5.67. The van der Waals surface area contributed by atoms with Crippen LogP contribution < -0.4 is 0 Å². The first-order valence-electron chi connectivity index (χ1n) is 7.35. The van der Waals surface area contributed by atoms with Crippen molar-refractivity contribution in [3.8, 4) is 0 Å². The lowest BCUT2D eigenvalue weighted by Crippen LogP contribution is -2.25. The molecule has 1 heterocycles. The molecule has 21 heavy (non-hydrogen) atoms. The Kier molecular flexibility index (Phi) is 8.74. The fraction of sp³-hybridized carbons (Fsp3) is 0.733. The molecular formula is C15H25O5P. The average molecular weight is 316 g/mol. The summed E-state index contributed by atoms with van der Waals surface area (Å²) in [6.07, 6.45) is 7.12. The Bertz CT molecular complexity index is 356. The molecule has 0 N–H and O–H groups in total. The fourth-order valence-corrected chi connectivity index (χ4v) is 2.62. The predicted octanol–water partition coefficient (Wildman–Crippen LogP) is 2.44. The molecule has 4 atom stereocenters. The molecular weight excluding hydrogens is 291 g/mol. The molecule has 0 bridgehead atoms. The van der Waals surface area contributed by atoms with Gasteiger partial charge < -0.3 is 18.8 Å². The zero-order valence-corrected chi connectivity index (χ0v) is 13.9. The average Bonchev–Trinajstić information content (AvgIpc) is 2.83. The van der Waals surface area contributed by atoms with Gasteiger partial charge in [0.25, 0.3) is 0 Å². The highest BCUT2D eigenvalue weighted by atomic mass is 31.0. The van der Waals surface area contributed by atoms with Crippen LogP contribution >= 0.6 is 9.47 Å². The maximum absolute atomic E-state index is 11.3. The van der Waals surface area contributed by atoms with Crippen LogP contribution in [-0.4, -0.2) is 37.2 Å². The molecule has 1 rings (SSSR count). The summed E-state index contributed by atoms with van der Waals surface area (Å²) in [5.41, 5.74) is 0. The van der Waals surface area contributed by atoms with E-state index in [4.69, 9.17) is 14.0 Å². The van der Waals surface area contributed by atoms with Crippen molar-refractivity contribution in [2.45, 2.75) is 57.8 Å². The molecule has 5 nitrogen and oxygen atoms in total. The smallest absolute Gasteiger partial charge is 0.306 e. The van der Waals surface area contributed by atoms with E-state index in [-0.39, 0.29) is 30.2 Å². The minimum absolute atomic E-state index is 0.0420. The zero-order chi connectivity index (χ0) is 15.7. The van der Waals surface area contributed by atoms with Gasteiger partial charge in [-0.25, -0.2) is 0 Å². The van der Waals surface area contributed by atoms with Crippen molar-refractivity contribution in [3.05, 3.63) is 12.2 Å². The lowest BCUT2D eigenvalue weighted by atomic mass is 9.94. The molecule has 1 aliphatic rings. The lowest BCUT2D eigenvalue weighted by molar-refractivity contribution is -0.147. The summed E-state index contributed by atoms with van der Waals surface area (Å²) in [5.74, 6) is -0.0770. The van der Waals surface area contributed by atoms with Gasteiger partial charge in [0.2, 0.25) is 0 Å². The van der Waals surface area contributed by atoms with E-state index in [1.54, 1.807) is 0 Å². The van der Waals surface area contributed by atoms with Crippen molar-refractivity contribution in [1.29, 1.82) is 0 Å². The summed E-state index contributed by atoms with van der Waals surface area (Å²) in [4.78, 5) is 22.2. The van der Waals surface area contributed by atoms with Crippen LogP contribution in [0.3, 0.4) is 0 Å². The van der Waals surface area contributed by atoms with Gasteiger partial charge in [0.1, 0.15) is 12.4 Å². The standard InChI is InChI=1S/C15H25O5P/c1-11(2)19-15(17)8-6-4-3-5-7-12-13(9-16)18-10-14(12)20-21/h3-4,9,11-14H,5-8,10,21H2,1-2H3/b4-3-/t12-,13-,14?/m1/s1. The van der Waals surface area contributed by atoms with Gasteiger partial charge in [0, 0.05) is 21.8 Å². The van der Waals surface area contributed by atoms with Crippen LogP contribution in [0.15, 0.2) is 12.2 Å². The van der Waals surface area contributed by atoms with E-state index in [1.807, 2.05) is 26.0 Å². The van der Waals surface area contributed by atoms with Crippen LogP contribution in [0.25, 0.3) is 0 Å². The van der Waals surface area contributed by atoms with Gasteiger partial charge in [-0.1, -0.05) is 12.2 Å². The highest BCUT2D eigenvalue weighted by Crippen LogP contribution is 2.28. The SMILES string of the molecule is CC(C)OC(=O)CC/C=C\CC[C@H]1C(OP)CO[C@@H]1C=O. The lowest BCUT2D eigenvalue weighted by Gasteiger charge is -2.17. The van der Waals surface area contributed by atoms with Gasteiger partial charge in [-0.15, -0.1) is 0 Å². The number of carbonyl (C=O) groups is 2. The summed E-state index contributed by atoms with van der Waals surface area (Å²) in [5, 5.41) is 0. The first-order valence-corrected chi connectivity index (χ1v) is 7.82. The van der Waals surface area contributed by atoms with Gasteiger partial charge >= 0.3 is 5.97 Å². The van der Waals surface area contributed by atoms with E-state index in [0.717, 1.165) is 19.1 Å². The fourth-order valence-electron chi connectivity index (χ4n) is 2.34. The summed E-state index contributed by atoms with van der Waals surface area (Å²) >= 11 is 0. The van der Waals surface area contributed by atoms with E-state index >= 15 is 0 Å². The quantitative estimate of drug-likeness (QED) is 0.283. The van der Waals surface area contributed by atoms with Crippen molar-refractivity contribution in [2.24, 2.45) is 5.92 Å². The number of carbonyl (C=O) groups excluding carboxylic acids is 2. The van der Waals surface area contributed by atoms with Crippen LogP contribution in [0.1, 0.15) is 39.5 Å². The van der Waals surface area contributed by atoms with Gasteiger partial charge in [-0.3, -0.25) is 4.79 Å². The molecule has 0 aromatic heterocycles. The Morgan fingerprint density at radius 1 is 1.38 bits per heavy atom. The van der Waals surface area contributed by atoms with E-state index in [0.29, 0.717) is 19.4 Å². The number of aldehydes is 1. The Hall–Kier alpha value is -0.770. The first kappa shape index (κ1) is 18.3. The molecule has 0 aromatic carbocycles. The highest BCUT2D eigenvalue weighted by Gasteiger charge is 2.36. The van der Waals surface area contributed by atoms with E-state index in [9.17, 15) is 9.59 Å². The number of esters is 1. The summed E-state index contributed by atoms with van der Waals surface area (Å²) in [6.45, 7) is 4.14. The molecule has 0 amide bonds. The van der Waals surface area contributed by atoms with Crippen LogP contribution in [0.2, 0.25) is 0 Å². The van der Waals surface area contributed by atoms with E-state index in [2.05, 4.69) is 9.47 Å². The minimum Gasteiger partial charge on any atom is -0.463 e. The molecule has 1 fully saturated rings. The van der Waals surface area contributed by atoms with Crippen molar-refractivity contribution >= 4 is 21.7 Å². The third-order valence-electron chi connectivity index (χ3n) is 3.38. The molecule has 0 aromatic rings. The normalized spacial score (nSPS) is 25.6. The maximum atomic E-state index is 11.3. The van der Waals surface area contributed by atoms with Crippen molar-refractivity contribution in [2.75, 3.05) is 6.61 Å². The minimum atomic E-state index is -0.370. The topological polar surface area (TPSA) is 61.8 Å². The third-order valence-corrected chi connectivity index (χ3v) is 3.73. The number of allylic oxidation sites excluding steroid dienone is 2. The van der Waals surface area contributed by atoms with Gasteiger partial charge in [-0.05, 0) is 33.1 Å². The van der Waals surface area contributed by atoms with Crippen molar-refractivity contribution in [1.82, 2.24) is 0 Å². The number of hydrogen-bond donors (Lipinski definition) is 0. The second kappa shape index (κ2) is 10.0. The van der Waals surface area contributed by atoms with E-state index < -0.39 is 0 Å². The Morgan fingerprint density at radius 3 is 2.71 bits per heavy atom. The van der Waals surface area contributed by atoms with Crippen LogP contribution in [0.4, 0.5) is 0 Å². The predicted molar refractivity (Wildman–Crippen MR) is 82.7 cm³/mol. The van der Waals surface area contributed by atoms with Gasteiger partial charge in [-0.2, -0.15) is 0 Å². The molecule has 1 saturated heterocycles. The Labute approximate surface area is 128 Å². The molecule has 0 saturated carbocycles. The maximum Gasteiger partial charge on any atom is 0.306 e. The zero-order valence-electron chi connectivity index (χ0n) is 12.7. The van der Waals surface area contributed by atoms with Crippen molar-refractivity contribution < 1.29 is 23.6 Å². The molecule has 2 unspecified atom stereocenters. The number of rotatable bonds is 9. The highest BCUT2D eigenvalue weighted by molar-refractivity contribution is 7.09. The van der Waals surface area contributed by atoms with Crippen LogP contribution in [0.5, 0.6) is 0 Å². The molecule has 6 heteroatoms. The molecule has 1 aliphatic heterocycles. The molecule has 120 valence electrons. The van der Waals surface area contributed by atoms with Crippen LogP contribution in [0, 0.1) is 5.92 Å². The third kappa shape index (κ3) is 6.68. The number of hydrogen-bond acceptors (Lipinski definition) is 5. The second-order valence-electron chi connectivity index (χ2n) is 5.40. The molecule has 0 aliphatic carbocycles. The summed E-state index contributed by atoms with van der Waals surface area (Å²) in [6, 6.07) is 0. The number of ether oxygens (including phenoxy) is 2. The summed E-state index contributed by atoms with van der Waals surface area (Å²) in [7, 11) is 2.24. The summed E-state index contributed by atoms with van der Waals surface area (Å²) < 4.78 is 15.7. The van der Waals surface area contributed by atoms with Gasteiger partial charge in [0.05, 0.1) is 18.8 Å². The van der Waals surface area contributed by atoms with Crippen molar-refractivity contribution in [3.63, 3.8) is 0 Å². The van der Waals surface area contributed by atoms with E-state index in [1.165, 1.54) is 0 Å². The largest absolute Gasteiger partial charge is 0.463 e. The Balaban J connectivity index is 2.21. The monoisotopic (exact) mass is 316 g/mol. The molecule has 0 radical (unpaired) electrons. The Morgan fingerprint density at radius 2 is 2.10 bits per heavy atom. The van der Waals surface area contributed by atoms with Gasteiger partial charge in [0.15, 0.2) is 0 Å². The first-order chi connectivity index (χ1) is 10.1. The van der Waals surface area contributed by atoms with Crippen LogP contribution in [-0.2, 0) is 23.6 Å².